The lowest BCUT2D eigenvalue weighted by molar-refractivity contribution is -0.120. The maximum Gasteiger partial charge on any atom is 0.224 e. The van der Waals surface area contributed by atoms with Crippen molar-refractivity contribution in [3.05, 3.63) is 75.8 Å². The van der Waals surface area contributed by atoms with Gasteiger partial charge in [0.2, 0.25) is 5.91 Å². The summed E-state index contributed by atoms with van der Waals surface area (Å²) in [5, 5.41) is 6.70. The second-order valence-corrected chi connectivity index (χ2v) is 7.21. The van der Waals surface area contributed by atoms with Crippen LogP contribution in [0.2, 0.25) is 5.02 Å². The lowest BCUT2D eigenvalue weighted by Crippen LogP contribution is -2.27. The van der Waals surface area contributed by atoms with Gasteiger partial charge in [0.25, 0.3) is 0 Å². The van der Waals surface area contributed by atoms with E-state index in [1.807, 2.05) is 18.2 Å². The van der Waals surface area contributed by atoms with Crippen molar-refractivity contribution < 1.29 is 4.79 Å². The summed E-state index contributed by atoms with van der Waals surface area (Å²) in [4.78, 5) is 16.7. The Morgan fingerprint density at radius 3 is 2.76 bits per heavy atom. The molecule has 0 saturated carbocycles. The van der Waals surface area contributed by atoms with Crippen molar-refractivity contribution in [3.8, 4) is 10.6 Å². The summed E-state index contributed by atoms with van der Waals surface area (Å²) >= 11 is 7.49. The summed E-state index contributed by atoms with van der Waals surface area (Å²) in [7, 11) is 0. The van der Waals surface area contributed by atoms with Gasteiger partial charge >= 0.3 is 0 Å². The van der Waals surface area contributed by atoms with Gasteiger partial charge in [0.05, 0.1) is 12.1 Å². The highest BCUT2D eigenvalue weighted by atomic mass is 35.5. The third-order valence-electron chi connectivity index (χ3n) is 3.80. The van der Waals surface area contributed by atoms with E-state index >= 15 is 0 Å². The number of amides is 1. The van der Waals surface area contributed by atoms with E-state index in [-0.39, 0.29) is 5.91 Å². The lowest BCUT2D eigenvalue weighted by Gasteiger charge is -2.04. The SMILES string of the molecule is Cc1cccc(-c2nc(CCNC(=O)Cc3ccc(Cl)cc3)cs2)c1. The summed E-state index contributed by atoms with van der Waals surface area (Å²) in [6.07, 6.45) is 1.09. The number of nitrogens with one attached hydrogen (secondary N) is 1. The maximum atomic E-state index is 12.0. The molecule has 0 aliphatic rings. The van der Waals surface area contributed by atoms with Crippen molar-refractivity contribution in [3.63, 3.8) is 0 Å². The lowest BCUT2D eigenvalue weighted by atomic mass is 10.1. The Balaban J connectivity index is 1.49. The fourth-order valence-corrected chi connectivity index (χ4v) is 3.49. The van der Waals surface area contributed by atoms with Crippen molar-refractivity contribution in [2.75, 3.05) is 6.54 Å². The van der Waals surface area contributed by atoms with E-state index in [9.17, 15) is 4.79 Å². The van der Waals surface area contributed by atoms with E-state index in [4.69, 9.17) is 11.6 Å². The zero-order valence-corrected chi connectivity index (χ0v) is 15.5. The molecule has 0 unspecified atom stereocenters. The van der Waals surface area contributed by atoms with Gasteiger partial charge in [-0.25, -0.2) is 4.98 Å². The molecule has 0 bridgehead atoms. The van der Waals surface area contributed by atoms with Gasteiger partial charge in [-0.2, -0.15) is 0 Å². The number of halogens is 1. The largest absolute Gasteiger partial charge is 0.355 e. The molecule has 1 amide bonds. The van der Waals surface area contributed by atoms with Crippen molar-refractivity contribution in [1.82, 2.24) is 10.3 Å². The third kappa shape index (κ3) is 5.15. The first-order valence-corrected chi connectivity index (χ1v) is 9.38. The Morgan fingerprint density at radius 2 is 2.00 bits per heavy atom. The highest BCUT2D eigenvalue weighted by Crippen LogP contribution is 2.24. The number of thiazole rings is 1. The first-order valence-electron chi connectivity index (χ1n) is 8.13. The van der Waals surface area contributed by atoms with Crippen LogP contribution in [0.1, 0.15) is 16.8 Å². The highest BCUT2D eigenvalue weighted by Gasteiger charge is 2.07. The molecule has 1 N–H and O–H groups in total. The molecule has 3 nitrogen and oxygen atoms in total. The first-order chi connectivity index (χ1) is 12.1. The number of nitrogens with zero attached hydrogens (tertiary/aromatic N) is 1. The molecule has 0 saturated heterocycles. The van der Waals surface area contributed by atoms with Gasteiger partial charge in [0, 0.05) is 28.9 Å². The molecule has 0 aliphatic carbocycles. The van der Waals surface area contributed by atoms with Gasteiger partial charge in [0.1, 0.15) is 5.01 Å². The smallest absolute Gasteiger partial charge is 0.224 e. The summed E-state index contributed by atoms with van der Waals surface area (Å²) in [6, 6.07) is 15.7. The summed E-state index contributed by atoms with van der Waals surface area (Å²) < 4.78 is 0. The zero-order chi connectivity index (χ0) is 17.6. The second kappa shape index (κ2) is 8.28. The summed E-state index contributed by atoms with van der Waals surface area (Å²) in [5.74, 6) is 0.0106. The molecule has 0 aliphatic heterocycles. The average Bonchev–Trinajstić information content (AvgIpc) is 3.06. The van der Waals surface area contributed by atoms with Crippen LogP contribution in [0.15, 0.2) is 53.9 Å². The molecule has 2 aromatic carbocycles. The summed E-state index contributed by atoms with van der Waals surface area (Å²) in [6.45, 7) is 2.66. The van der Waals surface area contributed by atoms with E-state index in [0.717, 1.165) is 28.2 Å². The van der Waals surface area contributed by atoms with Gasteiger partial charge in [0.15, 0.2) is 0 Å². The van der Waals surface area contributed by atoms with Gasteiger partial charge in [-0.05, 0) is 30.7 Å². The molecule has 3 aromatic rings. The molecule has 0 spiro atoms. The Kier molecular flexibility index (Phi) is 5.84. The Hall–Kier alpha value is -2.17. The molecule has 3 rings (SSSR count). The molecule has 1 aromatic heterocycles. The Labute approximate surface area is 156 Å². The van der Waals surface area contributed by atoms with E-state index in [2.05, 4.69) is 40.8 Å². The molecule has 0 radical (unpaired) electrons. The summed E-state index contributed by atoms with van der Waals surface area (Å²) in [5.41, 5.74) is 4.33. The van der Waals surface area contributed by atoms with E-state index in [1.54, 1.807) is 23.5 Å². The number of aryl methyl sites for hydroxylation is 1. The molecule has 0 atom stereocenters. The molecule has 5 heteroatoms. The fraction of sp³-hybridized carbons (Fsp3) is 0.200. The molecule has 128 valence electrons. The number of hydrogen-bond donors (Lipinski definition) is 1. The minimum Gasteiger partial charge on any atom is -0.355 e. The van der Waals surface area contributed by atoms with E-state index in [1.165, 1.54) is 5.56 Å². The van der Waals surface area contributed by atoms with Crippen LogP contribution >= 0.6 is 22.9 Å². The standard InChI is InChI=1S/C20H19ClN2OS/c1-14-3-2-4-16(11-14)20-23-18(13-25-20)9-10-22-19(24)12-15-5-7-17(21)8-6-15/h2-8,11,13H,9-10,12H2,1H3,(H,22,24). The van der Waals surface area contributed by atoms with Crippen LogP contribution in [0.5, 0.6) is 0 Å². The van der Waals surface area contributed by atoms with Gasteiger partial charge < -0.3 is 5.32 Å². The monoisotopic (exact) mass is 370 g/mol. The predicted octanol–water partition coefficient (Wildman–Crippen LogP) is 4.67. The minimum atomic E-state index is 0.0106. The van der Waals surface area contributed by atoms with Crippen LogP contribution in [0.25, 0.3) is 10.6 Å². The Bertz CT molecular complexity index is 858. The van der Waals surface area contributed by atoms with E-state index in [0.29, 0.717) is 18.0 Å². The van der Waals surface area contributed by atoms with Crippen LogP contribution in [0.3, 0.4) is 0 Å². The Morgan fingerprint density at radius 1 is 1.20 bits per heavy atom. The third-order valence-corrected chi connectivity index (χ3v) is 4.99. The first kappa shape index (κ1) is 17.6. The van der Waals surface area contributed by atoms with Gasteiger partial charge in [-0.1, -0.05) is 47.5 Å². The fourth-order valence-electron chi connectivity index (χ4n) is 2.51. The minimum absolute atomic E-state index is 0.0106. The zero-order valence-electron chi connectivity index (χ0n) is 14.0. The van der Waals surface area contributed by atoms with Crippen LogP contribution in [-0.4, -0.2) is 17.4 Å². The molecule has 25 heavy (non-hydrogen) atoms. The van der Waals surface area contributed by atoms with Crippen LogP contribution < -0.4 is 5.32 Å². The van der Waals surface area contributed by atoms with Gasteiger partial charge in [-0.3, -0.25) is 4.79 Å². The second-order valence-electron chi connectivity index (χ2n) is 5.92. The van der Waals surface area contributed by atoms with Crippen molar-refractivity contribution in [1.29, 1.82) is 0 Å². The van der Waals surface area contributed by atoms with Crippen molar-refractivity contribution in [2.24, 2.45) is 0 Å². The van der Waals surface area contributed by atoms with Gasteiger partial charge in [-0.15, -0.1) is 11.3 Å². The highest BCUT2D eigenvalue weighted by molar-refractivity contribution is 7.13. The predicted molar refractivity (Wildman–Crippen MR) is 104 cm³/mol. The topological polar surface area (TPSA) is 42.0 Å². The average molecular weight is 371 g/mol. The quantitative estimate of drug-likeness (QED) is 0.684. The number of carbonyl (C=O) groups is 1. The molecular weight excluding hydrogens is 352 g/mol. The van der Waals surface area contributed by atoms with Crippen molar-refractivity contribution >= 4 is 28.8 Å². The number of benzene rings is 2. The van der Waals surface area contributed by atoms with Crippen LogP contribution in [0, 0.1) is 6.92 Å². The van der Waals surface area contributed by atoms with Crippen molar-refractivity contribution in [2.45, 2.75) is 19.8 Å². The maximum absolute atomic E-state index is 12.0. The van der Waals surface area contributed by atoms with Crippen LogP contribution in [0.4, 0.5) is 0 Å². The normalized spacial score (nSPS) is 10.6. The molecule has 0 fully saturated rings. The number of hydrogen-bond acceptors (Lipinski definition) is 3. The number of aromatic nitrogens is 1. The number of rotatable bonds is 6. The van der Waals surface area contributed by atoms with E-state index < -0.39 is 0 Å². The molecule has 1 heterocycles. The van der Waals surface area contributed by atoms with Crippen LogP contribution in [-0.2, 0) is 17.6 Å². The number of carbonyl (C=O) groups excluding carboxylic acids is 1. The molecular formula is C20H19ClN2OS.